The Kier molecular flexibility index (Phi) is 3.29. The molecule has 1 amide bonds. The van der Waals surface area contributed by atoms with E-state index in [4.69, 9.17) is 0 Å². The number of amides is 1. The summed E-state index contributed by atoms with van der Waals surface area (Å²) in [5.74, 6) is -0.678. The zero-order chi connectivity index (χ0) is 15.3. The number of benzene rings is 1. The van der Waals surface area contributed by atoms with E-state index in [1.54, 1.807) is 19.1 Å². The van der Waals surface area contributed by atoms with Crippen LogP contribution >= 0.6 is 11.3 Å². The van der Waals surface area contributed by atoms with Gasteiger partial charge in [0.05, 0.1) is 21.9 Å². The average Bonchev–Trinajstić information content (AvgIpc) is 2.92. The van der Waals surface area contributed by atoms with Crippen LogP contribution in [0.1, 0.15) is 23.0 Å². The van der Waals surface area contributed by atoms with Gasteiger partial charge in [-0.3, -0.25) is 4.79 Å². The van der Waals surface area contributed by atoms with Gasteiger partial charge in [-0.25, -0.2) is 12.8 Å². The van der Waals surface area contributed by atoms with E-state index in [0.717, 1.165) is 0 Å². The first-order valence-corrected chi connectivity index (χ1v) is 9.13. The average molecular weight is 327 g/mol. The van der Waals surface area contributed by atoms with E-state index in [0.29, 0.717) is 21.4 Å². The number of halogens is 1. The number of carbonyl (C=O) groups excluding carboxylic acids is 1. The summed E-state index contributed by atoms with van der Waals surface area (Å²) < 4.78 is 37.4. The summed E-state index contributed by atoms with van der Waals surface area (Å²) in [5, 5.41) is 3.19. The molecule has 112 valence electrons. The van der Waals surface area contributed by atoms with E-state index in [1.165, 1.54) is 23.5 Å². The quantitative estimate of drug-likeness (QED) is 0.921. The van der Waals surface area contributed by atoms with Crippen molar-refractivity contribution < 1.29 is 17.6 Å². The second-order valence-corrected chi connectivity index (χ2v) is 8.89. The monoisotopic (exact) mass is 327 g/mol. The predicted molar refractivity (Wildman–Crippen MR) is 80.9 cm³/mol. The van der Waals surface area contributed by atoms with Gasteiger partial charge >= 0.3 is 0 Å². The number of sulfone groups is 1. The largest absolute Gasteiger partial charge is 0.345 e. The van der Waals surface area contributed by atoms with Gasteiger partial charge in [-0.15, -0.1) is 11.3 Å². The second kappa shape index (κ2) is 4.78. The number of rotatable bonds is 2. The van der Waals surface area contributed by atoms with E-state index in [2.05, 4.69) is 5.32 Å². The van der Waals surface area contributed by atoms with E-state index >= 15 is 0 Å². The highest BCUT2D eigenvalue weighted by atomic mass is 32.2. The van der Waals surface area contributed by atoms with Crippen molar-refractivity contribution in [3.8, 4) is 0 Å². The fraction of sp³-hybridized carbons (Fsp3) is 0.357. The van der Waals surface area contributed by atoms with E-state index in [-0.39, 0.29) is 23.2 Å². The molecule has 21 heavy (non-hydrogen) atoms. The summed E-state index contributed by atoms with van der Waals surface area (Å²) in [6.07, 6.45) is 0.403. The van der Waals surface area contributed by atoms with Gasteiger partial charge in [-0.2, -0.15) is 0 Å². The first kappa shape index (κ1) is 14.5. The minimum atomic E-state index is -3.08. The molecule has 0 unspecified atom stereocenters. The van der Waals surface area contributed by atoms with Crippen molar-refractivity contribution >= 4 is 37.2 Å². The standard InChI is InChI=1S/C14H14FNO3S2/c1-14(5-6-21(18,19)8-14)16-13(17)12-7-9-10(15)3-2-4-11(9)20-12/h2-4,7H,5-6,8H2,1H3,(H,16,17)/t14-/m0/s1. The van der Waals surface area contributed by atoms with Gasteiger partial charge in [0, 0.05) is 10.1 Å². The molecule has 0 spiro atoms. The fourth-order valence-electron chi connectivity index (χ4n) is 2.58. The van der Waals surface area contributed by atoms with Crippen LogP contribution in [0.2, 0.25) is 0 Å². The Hall–Kier alpha value is -1.47. The molecule has 1 aliphatic heterocycles. The molecule has 0 radical (unpaired) electrons. The van der Waals surface area contributed by atoms with Gasteiger partial charge < -0.3 is 5.32 Å². The number of fused-ring (bicyclic) bond motifs is 1. The summed E-state index contributed by atoms with van der Waals surface area (Å²) in [6.45, 7) is 1.73. The van der Waals surface area contributed by atoms with Gasteiger partial charge in [-0.1, -0.05) is 6.07 Å². The third-order valence-electron chi connectivity index (χ3n) is 3.65. The molecule has 2 aromatic rings. The number of hydrogen-bond donors (Lipinski definition) is 1. The minimum Gasteiger partial charge on any atom is -0.345 e. The molecule has 4 nitrogen and oxygen atoms in total. The number of nitrogens with one attached hydrogen (secondary N) is 1. The zero-order valence-electron chi connectivity index (χ0n) is 11.3. The minimum absolute atomic E-state index is 0.0506. The van der Waals surface area contributed by atoms with E-state index in [9.17, 15) is 17.6 Å². The molecular weight excluding hydrogens is 313 g/mol. The lowest BCUT2D eigenvalue weighted by Crippen LogP contribution is -2.46. The summed E-state index contributed by atoms with van der Waals surface area (Å²) in [7, 11) is -3.08. The Bertz CT molecular complexity index is 828. The molecule has 3 rings (SSSR count). The van der Waals surface area contributed by atoms with Crippen LogP contribution in [0.5, 0.6) is 0 Å². The maximum atomic E-state index is 13.6. The molecule has 0 aliphatic carbocycles. The van der Waals surface area contributed by atoms with Crippen LogP contribution in [0.15, 0.2) is 24.3 Å². The van der Waals surface area contributed by atoms with Crippen LogP contribution in [-0.4, -0.2) is 31.4 Å². The molecular formula is C14H14FNO3S2. The summed E-state index contributed by atoms with van der Waals surface area (Å²) in [5.41, 5.74) is -0.745. The Balaban J connectivity index is 1.86. The Morgan fingerprint density at radius 1 is 1.43 bits per heavy atom. The number of hydrogen-bond acceptors (Lipinski definition) is 4. The third-order valence-corrected chi connectivity index (χ3v) is 6.65. The molecule has 2 heterocycles. The van der Waals surface area contributed by atoms with Crippen molar-refractivity contribution in [2.45, 2.75) is 18.9 Å². The summed E-state index contributed by atoms with van der Waals surface area (Å²) in [4.78, 5) is 12.7. The van der Waals surface area contributed by atoms with Crippen molar-refractivity contribution in [1.82, 2.24) is 5.32 Å². The maximum Gasteiger partial charge on any atom is 0.261 e. The molecule has 1 saturated heterocycles. The first-order chi connectivity index (χ1) is 9.78. The summed E-state index contributed by atoms with van der Waals surface area (Å²) in [6, 6.07) is 6.21. The topological polar surface area (TPSA) is 63.2 Å². The van der Waals surface area contributed by atoms with Crippen molar-refractivity contribution in [3.05, 3.63) is 35.0 Å². The van der Waals surface area contributed by atoms with Gasteiger partial charge in [0.2, 0.25) is 0 Å². The molecule has 1 fully saturated rings. The van der Waals surface area contributed by atoms with Crippen molar-refractivity contribution in [1.29, 1.82) is 0 Å². The molecule has 1 aromatic carbocycles. The van der Waals surface area contributed by atoms with Crippen molar-refractivity contribution in [2.24, 2.45) is 0 Å². The van der Waals surface area contributed by atoms with Crippen LogP contribution in [-0.2, 0) is 9.84 Å². The predicted octanol–water partition coefficient (Wildman–Crippen LogP) is 2.35. The second-order valence-electron chi connectivity index (χ2n) is 5.62. The Labute approximate surface area is 125 Å². The molecule has 1 aromatic heterocycles. The van der Waals surface area contributed by atoms with Crippen LogP contribution in [0.4, 0.5) is 4.39 Å². The van der Waals surface area contributed by atoms with Gasteiger partial charge in [0.1, 0.15) is 5.82 Å². The van der Waals surface area contributed by atoms with E-state index in [1.807, 2.05) is 0 Å². The van der Waals surface area contributed by atoms with E-state index < -0.39 is 15.4 Å². The van der Waals surface area contributed by atoms with Gasteiger partial charge in [0.15, 0.2) is 9.84 Å². The molecule has 1 N–H and O–H groups in total. The zero-order valence-corrected chi connectivity index (χ0v) is 13.0. The number of thiophene rings is 1. The van der Waals surface area contributed by atoms with Gasteiger partial charge in [0.25, 0.3) is 5.91 Å². The molecule has 0 saturated carbocycles. The highest BCUT2D eigenvalue weighted by Gasteiger charge is 2.39. The smallest absolute Gasteiger partial charge is 0.261 e. The molecule has 7 heteroatoms. The molecule has 1 atom stereocenters. The van der Waals surface area contributed by atoms with Crippen LogP contribution in [0.25, 0.3) is 10.1 Å². The Morgan fingerprint density at radius 2 is 2.19 bits per heavy atom. The molecule has 1 aliphatic rings. The highest BCUT2D eigenvalue weighted by molar-refractivity contribution is 7.91. The lowest BCUT2D eigenvalue weighted by molar-refractivity contribution is 0.0919. The van der Waals surface area contributed by atoms with Gasteiger partial charge in [-0.05, 0) is 31.5 Å². The fourth-order valence-corrected chi connectivity index (χ4v) is 5.65. The Morgan fingerprint density at radius 3 is 2.81 bits per heavy atom. The normalized spacial score (nSPS) is 24.3. The lowest BCUT2D eigenvalue weighted by Gasteiger charge is -2.23. The van der Waals surface area contributed by atoms with Crippen LogP contribution in [0.3, 0.4) is 0 Å². The lowest BCUT2D eigenvalue weighted by atomic mass is 10.0. The van der Waals surface area contributed by atoms with Crippen molar-refractivity contribution in [2.75, 3.05) is 11.5 Å². The maximum absolute atomic E-state index is 13.6. The molecule has 0 bridgehead atoms. The number of carbonyl (C=O) groups is 1. The third kappa shape index (κ3) is 2.80. The SMILES string of the molecule is C[C@]1(NC(=O)c2cc3c(F)cccc3s2)CCS(=O)(=O)C1. The van der Waals surface area contributed by atoms with Crippen LogP contribution < -0.4 is 5.32 Å². The summed E-state index contributed by atoms with van der Waals surface area (Å²) >= 11 is 1.20. The first-order valence-electron chi connectivity index (χ1n) is 6.49. The highest BCUT2D eigenvalue weighted by Crippen LogP contribution is 2.29. The van der Waals surface area contributed by atoms with Crippen molar-refractivity contribution in [3.63, 3.8) is 0 Å². The van der Waals surface area contributed by atoms with Crippen LogP contribution in [0, 0.1) is 5.82 Å².